The molecule has 0 spiro atoms. The number of carbonyl (C=O) groups excluding carboxylic acids is 1. The Hall–Kier alpha value is -0.810. The molecule has 3 atom stereocenters. The summed E-state index contributed by atoms with van der Waals surface area (Å²) in [7, 11) is 0. The topological polar surface area (TPSA) is 44.4 Å². The summed E-state index contributed by atoms with van der Waals surface area (Å²) in [5, 5.41) is 6.62. The summed E-state index contributed by atoms with van der Waals surface area (Å²) < 4.78 is 0. The van der Waals surface area contributed by atoms with Crippen molar-refractivity contribution >= 4 is 30.7 Å². The molecule has 0 aromatic heterocycles. The van der Waals surface area contributed by atoms with Gasteiger partial charge in [0, 0.05) is 37.6 Å². The smallest absolute Gasteiger partial charge is 0.221 e. The van der Waals surface area contributed by atoms with E-state index in [4.69, 9.17) is 0 Å². The highest BCUT2D eigenvalue weighted by Gasteiger charge is 2.30. The number of rotatable bonds is 5. The van der Waals surface area contributed by atoms with Crippen molar-refractivity contribution in [3.05, 3.63) is 35.9 Å². The van der Waals surface area contributed by atoms with Crippen LogP contribution < -0.4 is 10.6 Å². The Labute approximate surface area is 157 Å². The zero-order valence-electron chi connectivity index (χ0n) is 14.2. The van der Waals surface area contributed by atoms with Crippen LogP contribution in [0.25, 0.3) is 0 Å². The fraction of sp³-hybridized carbons (Fsp3) is 0.611. The third-order valence-corrected chi connectivity index (χ3v) is 4.89. The molecule has 2 heterocycles. The van der Waals surface area contributed by atoms with Crippen molar-refractivity contribution in [1.29, 1.82) is 0 Å². The van der Waals surface area contributed by atoms with Crippen LogP contribution in [0.4, 0.5) is 0 Å². The van der Waals surface area contributed by atoms with Crippen molar-refractivity contribution in [1.82, 2.24) is 15.5 Å². The van der Waals surface area contributed by atoms with E-state index in [0.29, 0.717) is 24.5 Å². The number of amides is 1. The van der Waals surface area contributed by atoms with Gasteiger partial charge in [-0.25, -0.2) is 0 Å². The van der Waals surface area contributed by atoms with Crippen molar-refractivity contribution in [2.75, 3.05) is 13.1 Å². The first-order valence-corrected chi connectivity index (χ1v) is 8.51. The third-order valence-electron chi connectivity index (χ3n) is 4.89. The van der Waals surface area contributed by atoms with Gasteiger partial charge in [-0.05, 0) is 38.3 Å². The van der Waals surface area contributed by atoms with Gasteiger partial charge in [-0.3, -0.25) is 9.69 Å². The average molecular weight is 374 g/mol. The van der Waals surface area contributed by atoms with E-state index < -0.39 is 0 Å². The van der Waals surface area contributed by atoms with Gasteiger partial charge in [0.25, 0.3) is 0 Å². The molecule has 0 bridgehead atoms. The van der Waals surface area contributed by atoms with Gasteiger partial charge in [-0.2, -0.15) is 0 Å². The zero-order chi connectivity index (χ0) is 15.4. The third kappa shape index (κ3) is 5.92. The standard InChI is InChI=1S/C18H27N3O.2ClH/c1-14-10-17(20-18(22)11-16-8-5-9-19-16)13-21(14)12-15-6-3-2-4-7-15;;/h2-4,6-7,14,16-17,19H,5,8-13H2,1H3,(H,20,22);2*1H. The SMILES string of the molecule is CC1CC(NC(=O)CC2CCCN2)CN1Cc1ccccc1.Cl.Cl. The molecule has 0 radical (unpaired) electrons. The van der Waals surface area contributed by atoms with Gasteiger partial charge in [0.1, 0.15) is 0 Å². The molecule has 1 aromatic rings. The first kappa shape index (κ1) is 21.2. The minimum absolute atomic E-state index is 0. The summed E-state index contributed by atoms with van der Waals surface area (Å²) in [4.78, 5) is 14.6. The lowest BCUT2D eigenvalue weighted by Crippen LogP contribution is -2.39. The number of nitrogens with zero attached hydrogens (tertiary/aromatic N) is 1. The fourth-order valence-corrected chi connectivity index (χ4v) is 3.68. The van der Waals surface area contributed by atoms with E-state index in [1.807, 2.05) is 0 Å². The second-order valence-corrected chi connectivity index (χ2v) is 6.76. The van der Waals surface area contributed by atoms with Crippen LogP contribution in [0.2, 0.25) is 0 Å². The summed E-state index contributed by atoms with van der Waals surface area (Å²) >= 11 is 0. The normalized spacial score (nSPS) is 26.5. The van der Waals surface area contributed by atoms with Crippen molar-refractivity contribution in [2.24, 2.45) is 0 Å². The molecule has 2 saturated heterocycles. The Balaban J connectivity index is 0.00000144. The molecule has 1 amide bonds. The van der Waals surface area contributed by atoms with Gasteiger partial charge >= 0.3 is 0 Å². The monoisotopic (exact) mass is 373 g/mol. The van der Waals surface area contributed by atoms with Crippen LogP contribution in [0, 0.1) is 0 Å². The number of hydrogen-bond donors (Lipinski definition) is 2. The van der Waals surface area contributed by atoms with Gasteiger partial charge < -0.3 is 10.6 Å². The summed E-state index contributed by atoms with van der Waals surface area (Å²) in [6, 6.07) is 11.8. The van der Waals surface area contributed by atoms with Crippen LogP contribution in [0.3, 0.4) is 0 Å². The van der Waals surface area contributed by atoms with Crippen LogP contribution in [0.15, 0.2) is 30.3 Å². The minimum Gasteiger partial charge on any atom is -0.352 e. The number of halogens is 2. The molecule has 24 heavy (non-hydrogen) atoms. The van der Waals surface area contributed by atoms with Gasteiger partial charge in [0.05, 0.1) is 0 Å². The predicted octanol–water partition coefficient (Wildman–Crippen LogP) is 2.75. The quantitative estimate of drug-likeness (QED) is 0.833. The molecular weight excluding hydrogens is 345 g/mol. The molecule has 2 aliphatic rings. The second kappa shape index (κ2) is 10.2. The number of benzene rings is 1. The molecule has 1 aromatic carbocycles. The molecule has 2 N–H and O–H groups in total. The molecule has 4 nitrogen and oxygen atoms in total. The highest BCUT2D eigenvalue weighted by molar-refractivity contribution is 5.85. The maximum absolute atomic E-state index is 12.2. The van der Waals surface area contributed by atoms with Crippen LogP contribution in [-0.2, 0) is 11.3 Å². The maximum atomic E-state index is 12.2. The lowest BCUT2D eigenvalue weighted by atomic mass is 10.1. The van der Waals surface area contributed by atoms with E-state index >= 15 is 0 Å². The highest BCUT2D eigenvalue weighted by atomic mass is 35.5. The molecule has 3 unspecified atom stereocenters. The zero-order valence-corrected chi connectivity index (χ0v) is 15.9. The lowest BCUT2D eigenvalue weighted by molar-refractivity contribution is -0.122. The molecule has 2 fully saturated rings. The van der Waals surface area contributed by atoms with Crippen LogP contribution in [0.5, 0.6) is 0 Å². The maximum Gasteiger partial charge on any atom is 0.221 e. The Kier molecular flexibility index (Phi) is 9.06. The first-order valence-electron chi connectivity index (χ1n) is 8.51. The molecule has 0 aliphatic carbocycles. The molecule has 0 saturated carbocycles. The number of carbonyl (C=O) groups is 1. The van der Waals surface area contributed by atoms with E-state index in [2.05, 4.69) is 52.8 Å². The molecular formula is C18H29Cl2N3O. The Morgan fingerprint density at radius 2 is 2.04 bits per heavy atom. The first-order chi connectivity index (χ1) is 10.7. The van der Waals surface area contributed by atoms with Crippen molar-refractivity contribution in [2.45, 2.75) is 57.3 Å². The summed E-state index contributed by atoms with van der Waals surface area (Å²) in [6.45, 7) is 5.25. The van der Waals surface area contributed by atoms with E-state index in [-0.39, 0.29) is 30.7 Å². The van der Waals surface area contributed by atoms with E-state index in [1.54, 1.807) is 0 Å². The molecule has 6 heteroatoms. The summed E-state index contributed by atoms with van der Waals surface area (Å²) in [5.74, 6) is 0.207. The second-order valence-electron chi connectivity index (χ2n) is 6.76. The van der Waals surface area contributed by atoms with Crippen molar-refractivity contribution in [3.8, 4) is 0 Å². The number of likely N-dealkylation sites (tertiary alicyclic amines) is 1. The largest absolute Gasteiger partial charge is 0.352 e. The Morgan fingerprint density at radius 1 is 1.29 bits per heavy atom. The number of hydrogen-bond acceptors (Lipinski definition) is 3. The average Bonchev–Trinajstić information content (AvgIpc) is 3.11. The van der Waals surface area contributed by atoms with Crippen LogP contribution >= 0.6 is 24.8 Å². The fourth-order valence-electron chi connectivity index (χ4n) is 3.68. The minimum atomic E-state index is 0. The van der Waals surface area contributed by atoms with Gasteiger partial charge in [-0.15, -0.1) is 24.8 Å². The van der Waals surface area contributed by atoms with E-state index in [0.717, 1.165) is 32.5 Å². The van der Waals surface area contributed by atoms with E-state index in [9.17, 15) is 4.79 Å². The lowest BCUT2D eigenvalue weighted by Gasteiger charge is -2.21. The van der Waals surface area contributed by atoms with Gasteiger partial charge in [0.15, 0.2) is 0 Å². The van der Waals surface area contributed by atoms with E-state index in [1.165, 1.54) is 12.0 Å². The Morgan fingerprint density at radius 3 is 2.71 bits per heavy atom. The molecule has 136 valence electrons. The Bertz CT molecular complexity index is 494. The number of nitrogens with one attached hydrogen (secondary N) is 2. The molecule has 3 rings (SSSR count). The van der Waals surface area contributed by atoms with Gasteiger partial charge in [-0.1, -0.05) is 30.3 Å². The molecule has 2 aliphatic heterocycles. The van der Waals surface area contributed by atoms with Gasteiger partial charge in [0.2, 0.25) is 5.91 Å². The predicted molar refractivity (Wildman–Crippen MR) is 103 cm³/mol. The van der Waals surface area contributed by atoms with Crippen LogP contribution in [-0.4, -0.2) is 42.0 Å². The summed E-state index contributed by atoms with van der Waals surface area (Å²) in [6.07, 6.45) is 4.01. The van der Waals surface area contributed by atoms with Crippen molar-refractivity contribution < 1.29 is 4.79 Å². The van der Waals surface area contributed by atoms with Crippen molar-refractivity contribution in [3.63, 3.8) is 0 Å². The van der Waals surface area contributed by atoms with Crippen LogP contribution in [0.1, 0.15) is 38.2 Å². The summed E-state index contributed by atoms with van der Waals surface area (Å²) in [5.41, 5.74) is 1.34. The highest BCUT2D eigenvalue weighted by Crippen LogP contribution is 2.20.